The molecule has 4 saturated heterocycles. The number of esters is 2. The summed E-state index contributed by atoms with van der Waals surface area (Å²) in [6, 6.07) is 26.3. The van der Waals surface area contributed by atoms with Gasteiger partial charge >= 0.3 is 17.9 Å². The summed E-state index contributed by atoms with van der Waals surface area (Å²) in [7, 11) is 4.79. The van der Waals surface area contributed by atoms with Gasteiger partial charge in [-0.15, -0.1) is 0 Å². The van der Waals surface area contributed by atoms with Crippen molar-refractivity contribution in [2.75, 3.05) is 87.4 Å². The minimum Gasteiger partial charge on any atom is -0.481 e. The quantitative estimate of drug-likeness (QED) is 0.0362. The maximum atomic E-state index is 12.9. The van der Waals surface area contributed by atoms with E-state index >= 15 is 0 Å². The molecule has 0 spiro atoms. The van der Waals surface area contributed by atoms with Gasteiger partial charge in [0.25, 0.3) is 28.2 Å². The zero-order valence-electron chi connectivity index (χ0n) is 78.8. The number of carboxylic acid groups (broad SMARTS) is 1. The number of halogens is 2. The van der Waals surface area contributed by atoms with Crippen LogP contribution in [0.1, 0.15) is 156 Å². The number of aryl methyl sites for hydroxylation is 3. The van der Waals surface area contributed by atoms with E-state index in [1.54, 1.807) is 74.2 Å². The van der Waals surface area contributed by atoms with Crippen LogP contribution < -0.4 is 25.3 Å². The number of hydrogen-bond donors (Lipinski definition) is 3. The van der Waals surface area contributed by atoms with Gasteiger partial charge in [0.05, 0.1) is 180 Å². The Hall–Kier alpha value is -13.9. The first-order valence-corrected chi connectivity index (χ1v) is 46.6. The number of ether oxygens (including phenoxy) is 9. The van der Waals surface area contributed by atoms with Crippen LogP contribution in [0.15, 0.2) is 153 Å². The summed E-state index contributed by atoms with van der Waals surface area (Å²) in [6.45, 7) is 29.2. The van der Waals surface area contributed by atoms with E-state index in [1.165, 1.54) is 43.8 Å². The first-order chi connectivity index (χ1) is 66.2. The molecule has 8 atom stereocenters. The van der Waals surface area contributed by atoms with Crippen LogP contribution >= 0.6 is 31.9 Å². The Labute approximate surface area is 808 Å². The Morgan fingerprint density at radius 3 is 1.11 bits per heavy atom. The van der Waals surface area contributed by atoms with Gasteiger partial charge in [-0.2, -0.15) is 20.4 Å². The summed E-state index contributed by atoms with van der Waals surface area (Å²) >= 11 is 6.29. The fraction of sp³-hybridized carbons (Fsp3) is 0.374. The zero-order valence-corrected chi connectivity index (χ0v) is 82.0. The largest absolute Gasteiger partial charge is 0.481 e. The van der Waals surface area contributed by atoms with Crippen molar-refractivity contribution >= 4 is 110 Å². The number of aromatic nitrogens is 13. The number of nitro benzene ring substituents is 3. The van der Waals surface area contributed by atoms with Crippen molar-refractivity contribution in [1.29, 1.82) is 0 Å². The van der Waals surface area contributed by atoms with Crippen molar-refractivity contribution < 1.29 is 76.9 Å². The number of nitrogens with one attached hydrogen (secondary N) is 2. The molecule has 6 unspecified atom stereocenters. The highest BCUT2D eigenvalue weighted by Crippen LogP contribution is 2.46. The molecule has 138 heavy (non-hydrogen) atoms. The maximum absolute atomic E-state index is 12.9. The minimum atomic E-state index is -1.31. The maximum Gasteiger partial charge on any atom is 0.342 e. The van der Waals surface area contributed by atoms with Crippen LogP contribution in [0.25, 0.3) is 99.5 Å². The summed E-state index contributed by atoms with van der Waals surface area (Å²) in [5.41, 5.74) is 15.4. The standard InChI is InChI=1S/C26H30N4O6.2C24H26N4O3.C18H20BrN3O5.C7H4BrNO4/c1-6-36-26(31)20-13-28-29(21-9-10-35-14-16(21)3)24(20)19-8-7-18(11-22(19)30(32)33)23-15(2)12-27-25(34-5)17(23)4;2*1-13-10-25-24(30-4)15(3)21(13)16-5-6-17-19(9-16)27-23(29)18-11-26-28(22(17)18)20-7-8-31-12-14(20)2;1-3-27-18(23)14-9-20-21(15-6-7-26-10-11(15)2)17(14)13-5-4-12(19)8-16(13)22(24)25;8-4-1-2-5(7(10)11)6(3-4)9(12)13/h7-8,11-13,16,21H,6,9-10,14H2,1-5H3;2*5-6,9-11,14,20H,7-8,12H2,1-4H3,(H,27,29);4-5,8-9,11,15H,3,6-7,10H2,1-2H3;1-3H,(H,10,11)/t;14-,20+;;;/m.1.../s1. The molecule has 39 heteroatoms. The third-order valence-electron chi connectivity index (χ3n) is 25.4. The smallest absolute Gasteiger partial charge is 0.342 e. The molecule has 0 radical (unpaired) electrons. The summed E-state index contributed by atoms with van der Waals surface area (Å²) in [5, 5.41) is 64.4. The number of H-pyrrole nitrogens is 2. The Kier molecular flexibility index (Phi) is 31.7. The molecule has 13 heterocycles. The van der Waals surface area contributed by atoms with Gasteiger partial charge in [0.1, 0.15) is 16.7 Å². The lowest BCUT2D eigenvalue weighted by atomic mass is 9.93. The lowest BCUT2D eigenvalue weighted by Gasteiger charge is -2.30. The average Bonchev–Trinajstić information content (AvgIpc) is 1.56. The van der Waals surface area contributed by atoms with Gasteiger partial charge < -0.3 is 57.7 Å². The van der Waals surface area contributed by atoms with Gasteiger partial charge in [-0.3, -0.25) is 58.7 Å². The molecular weight excluding hydrogens is 1910 g/mol. The number of carbonyl (C=O) groups excluding carboxylic acids is 2. The number of methoxy groups -OCH3 is 3. The normalized spacial score (nSPS) is 18.0. The number of benzene rings is 5. The molecule has 722 valence electrons. The molecule has 4 aliphatic heterocycles. The van der Waals surface area contributed by atoms with Crippen molar-refractivity contribution in [1.82, 2.24) is 64.0 Å². The first kappa shape index (κ1) is 100. The van der Waals surface area contributed by atoms with E-state index in [0.717, 1.165) is 113 Å². The van der Waals surface area contributed by atoms with Crippen LogP contribution in [-0.4, -0.2) is 189 Å². The molecule has 9 aromatic heterocycles. The number of aromatic carboxylic acids is 1. The average molecular weight is 2020 g/mol. The minimum absolute atomic E-state index is 0.0276. The number of carbonyl (C=O) groups is 3. The van der Waals surface area contributed by atoms with Gasteiger partial charge in [-0.1, -0.05) is 89.9 Å². The Balaban J connectivity index is 0.000000141. The van der Waals surface area contributed by atoms with Gasteiger partial charge in [-0.25, -0.2) is 29.3 Å². The summed E-state index contributed by atoms with van der Waals surface area (Å²) in [4.78, 5) is 114. The summed E-state index contributed by atoms with van der Waals surface area (Å²) in [6.07, 6.45) is 14.7. The number of fused-ring (bicyclic) bond motifs is 6. The van der Waals surface area contributed by atoms with E-state index in [1.807, 2.05) is 95.3 Å². The number of hydrogen-bond acceptors (Lipinski definition) is 27. The molecule has 4 fully saturated rings. The van der Waals surface area contributed by atoms with E-state index in [2.05, 4.69) is 115 Å². The predicted octanol–water partition coefficient (Wildman–Crippen LogP) is 19.3. The highest BCUT2D eigenvalue weighted by molar-refractivity contribution is 9.10. The second kappa shape index (κ2) is 43.7. The fourth-order valence-electron chi connectivity index (χ4n) is 18.7. The molecule has 37 nitrogen and oxygen atoms in total. The molecule has 0 saturated carbocycles. The van der Waals surface area contributed by atoms with E-state index in [0.29, 0.717) is 143 Å². The SMILES string of the molecule is CCOC(=O)c1cnn(C2CCOCC2C)c1-c1ccc(-c2c(C)cnc(OC)c2C)cc1[N+](=O)[O-].CCOC(=O)c1cnn(C2CCOCC2C)c1-c1ccc(Br)cc1[N+](=O)[O-].COc1ncc(C)c(-c2ccc3c(c2)[nH]c(=O)c2cnn(C4CCOCC4C)c23)c1C.COc1ncc(C)c(-c2ccc3c(c2)[nH]c(=O)c2cnn([C@H]4CCOC[C@H]4C)c23)c1C.O=C(O)c1ccc(Br)cc1[N+](=O)[O-]. The predicted molar refractivity (Wildman–Crippen MR) is 524 cm³/mol. The summed E-state index contributed by atoms with van der Waals surface area (Å²) < 4.78 is 57.5. The number of nitro groups is 3. The molecule has 0 aliphatic carbocycles. The second-order valence-electron chi connectivity index (χ2n) is 34.4. The molecule has 0 amide bonds. The van der Waals surface area contributed by atoms with Gasteiger partial charge in [-0.05, 0) is 174 Å². The van der Waals surface area contributed by atoms with Crippen molar-refractivity contribution in [3.63, 3.8) is 0 Å². The summed E-state index contributed by atoms with van der Waals surface area (Å²) in [5.74, 6) is 0.186. The van der Waals surface area contributed by atoms with E-state index in [9.17, 15) is 54.3 Å². The topological polar surface area (TPSA) is 460 Å². The van der Waals surface area contributed by atoms with Gasteiger partial charge in [0.15, 0.2) is 0 Å². The van der Waals surface area contributed by atoms with E-state index in [4.69, 9.17) is 47.7 Å². The number of rotatable bonds is 20. The van der Waals surface area contributed by atoms with Gasteiger partial charge in [0.2, 0.25) is 17.6 Å². The van der Waals surface area contributed by atoms with Crippen LogP contribution in [0, 0.1) is 95.6 Å². The Bertz CT molecular complexity index is 6920. The molecule has 3 N–H and O–H groups in total. The third-order valence-corrected chi connectivity index (χ3v) is 26.4. The lowest BCUT2D eigenvalue weighted by molar-refractivity contribution is -0.385. The number of nitrogens with zero attached hydrogens (tertiary/aromatic N) is 14. The van der Waals surface area contributed by atoms with Crippen molar-refractivity contribution in [3.05, 3.63) is 244 Å². The van der Waals surface area contributed by atoms with E-state index in [-0.39, 0.29) is 88.4 Å². The van der Waals surface area contributed by atoms with Crippen molar-refractivity contribution in [3.8, 4) is 73.5 Å². The van der Waals surface area contributed by atoms with Crippen LogP contribution in [0.3, 0.4) is 0 Å². The van der Waals surface area contributed by atoms with Crippen LogP contribution in [0.4, 0.5) is 17.1 Å². The first-order valence-electron chi connectivity index (χ1n) is 45.0. The highest BCUT2D eigenvalue weighted by atomic mass is 79.9. The number of aromatic amines is 2. The fourth-order valence-corrected chi connectivity index (χ4v) is 19.4. The van der Waals surface area contributed by atoms with Gasteiger partial charge in [0, 0.05) is 123 Å². The van der Waals surface area contributed by atoms with Crippen molar-refractivity contribution in [2.45, 2.75) is 133 Å². The molecule has 4 aliphatic rings. The van der Waals surface area contributed by atoms with Crippen LogP contribution in [0.5, 0.6) is 17.6 Å². The Morgan fingerprint density at radius 1 is 0.435 bits per heavy atom. The van der Waals surface area contributed by atoms with E-state index < -0.39 is 38.4 Å². The zero-order chi connectivity index (χ0) is 98.9. The third kappa shape index (κ3) is 20.7. The molecule has 14 aromatic rings. The molecule has 5 aromatic carbocycles. The monoisotopic (exact) mass is 2010 g/mol. The lowest BCUT2D eigenvalue weighted by Crippen LogP contribution is -2.29. The number of carboxylic acids is 1. The second-order valence-corrected chi connectivity index (χ2v) is 36.2. The van der Waals surface area contributed by atoms with Crippen LogP contribution in [-0.2, 0) is 28.4 Å². The van der Waals surface area contributed by atoms with Crippen LogP contribution in [0.2, 0.25) is 0 Å². The Morgan fingerprint density at radius 2 is 0.761 bits per heavy atom. The molecular formula is C99H106Br2N16O21. The molecule has 18 rings (SSSR count). The highest BCUT2D eigenvalue weighted by Gasteiger charge is 2.37. The van der Waals surface area contributed by atoms with Crippen molar-refractivity contribution in [2.24, 2.45) is 23.7 Å². The molecule has 0 bridgehead atoms. The number of pyridine rings is 5.